The molecule has 0 spiro atoms. The maximum Gasteiger partial charge on any atom is 0.305 e. The van der Waals surface area contributed by atoms with Crippen molar-refractivity contribution in [2.24, 2.45) is 11.7 Å². The van der Waals surface area contributed by atoms with Crippen LogP contribution < -0.4 is 11.1 Å². The van der Waals surface area contributed by atoms with Crippen LogP contribution in [0.4, 0.5) is 0 Å². The summed E-state index contributed by atoms with van der Waals surface area (Å²) in [7, 11) is 0. The highest BCUT2D eigenvalue weighted by atomic mass is 16.4. The lowest BCUT2D eigenvalue weighted by atomic mass is 10.1. The highest BCUT2D eigenvalue weighted by Gasteiger charge is 2.16. The summed E-state index contributed by atoms with van der Waals surface area (Å²) in [4.78, 5) is 21.4. The molecule has 1 unspecified atom stereocenters. The number of rotatable bonds is 6. The molecule has 4 N–H and O–H groups in total. The number of amides is 1. The molecule has 1 atom stereocenters. The number of carbonyl (C=O) groups is 2. The summed E-state index contributed by atoms with van der Waals surface area (Å²) in [6, 6.07) is -0.945. The number of carboxylic acid groups (broad SMARTS) is 1. The Hall–Kier alpha value is -1.10. The number of carbonyl (C=O) groups excluding carboxylic acids is 1. The van der Waals surface area contributed by atoms with E-state index in [9.17, 15) is 9.59 Å². The van der Waals surface area contributed by atoms with Crippen molar-refractivity contribution in [1.82, 2.24) is 5.32 Å². The summed E-state index contributed by atoms with van der Waals surface area (Å²) in [6.07, 6.45) is 0.541. The van der Waals surface area contributed by atoms with Gasteiger partial charge in [-0.2, -0.15) is 0 Å². The van der Waals surface area contributed by atoms with Crippen molar-refractivity contribution in [2.75, 3.05) is 6.54 Å². The first kappa shape index (κ1) is 12.9. The van der Waals surface area contributed by atoms with Crippen molar-refractivity contribution in [2.45, 2.75) is 32.7 Å². The molecular formula is C9H18N2O3. The molecule has 0 aliphatic rings. The van der Waals surface area contributed by atoms with Gasteiger partial charge in [-0.15, -0.1) is 0 Å². The number of hydrogen-bond acceptors (Lipinski definition) is 3. The van der Waals surface area contributed by atoms with Gasteiger partial charge in [0.2, 0.25) is 5.91 Å². The first-order valence-corrected chi connectivity index (χ1v) is 4.68. The molecular weight excluding hydrogens is 184 g/mol. The highest BCUT2D eigenvalue weighted by molar-refractivity contribution is 5.85. The van der Waals surface area contributed by atoms with Gasteiger partial charge < -0.3 is 16.2 Å². The summed E-state index contributed by atoms with van der Waals surface area (Å²) in [5, 5.41) is 11.0. The van der Waals surface area contributed by atoms with E-state index in [1.54, 1.807) is 0 Å². The Kier molecular flexibility index (Phi) is 5.87. The molecule has 5 nitrogen and oxygen atoms in total. The Morgan fingerprint density at radius 2 is 2.00 bits per heavy atom. The smallest absolute Gasteiger partial charge is 0.305 e. The van der Waals surface area contributed by atoms with Gasteiger partial charge >= 0.3 is 5.97 Å². The molecule has 0 radical (unpaired) electrons. The van der Waals surface area contributed by atoms with Crippen LogP contribution in [0.5, 0.6) is 0 Å². The lowest BCUT2D eigenvalue weighted by molar-refractivity contribution is -0.139. The van der Waals surface area contributed by atoms with Crippen LogP contribution >= 0.6 is 0 Å². The average molecular weight is 202 g/mol. The van der Waals surface area contributed by atoms with Gasteiger partial charge in [0.25, 0.3) is 0 Å². The molecule has 0 aromatic heterocycles. The molecule has 0 rings (SSSR count). The Morgan fingerprint density at radius 1 is 1.43 bits per heavy atom. The van der Waals surface area contributed by atoms with Crippen LogP contribution in [-0.2, 0) is 9.59 Å². The van der Waals surface area contributed by atoms with Crippen molar-refractivity contribution in [1.29, 1.82) is 0 Å². The van der Waals surface area contributed by atoms with E-state index in [1.807, 2.05) is 13.8 Å². The van der Waals surface area contributed by atoms with E-state index in [1.165, 1.54) is 0 Å². The van der Waals surface area contributed by atoms with Crippen LogP contribution in [0.1, 0.15) is 26.7 Å². The fourth-order valence-electron chi connectivity index (χ4n) is 0.896. The minimum atomic E-state index is -1.06. The third-order valence-corrected chi connectivity index (χ3v) is 1.75. The van der Waals surface area contributed by atoms with Gasteiger partial charge in [-0.1, -0.05) is 13.8 Å². The third kappa shape index (κ3) is 6.42. The number of carboxylic acids is 1. The van der Waals surface area contributed by atoms with Gasteiger partial charge in [0.05, 0.1) is 12.5 Å². The molecule has 0 fully saturated rings. The molecule has 0 aromatic carbocycles. The zero-order chi connectivity index (χ0) is 11.1. The van der Waals surface area contributed by atoms with Crippen molar-refractivity contribution in [3.05, 3.63) is 0 Å². The summed E-state index contributed by atoms with van der Waals surface area (Å²) in [6.45, 7) is 4.64. The fourth-order valence-corrected chi connectivity index (χ4v) is 0.896. The minimum Gasteiger partial charge on any atom is -0.481 e. The van der Waals surface area contributed by atoms with Gasteiger partial charge in [0.1, 0.15) is 0 Å². The Balaban J connectivity index is 3.67. The topological polar surface area (TPSA) is 92.4 Å². The van der Waals surface area contributed by atoms with Crippen LogP contribution in [0.3, 0.4) is 0 Å². The molecule has 0 bridgehead atoms. The van der Waals surface area contributed by atoms with Crippen LogP contribution in [0.25, 0.3) is 0 Å². The van der Waals surface area contributed by atoms with Gasteiger partial charge in [-0.05, 0) is 12.3 Å². The quantitative estimate of drug-likeness (QED) is 0.563. The maximum absolute atomic E-state index is 11.2. The number of nitrogens with one attached hydrogen (secondary N) is 1. The van der Waals surface area contributed by atoms with Gasteiger partial charge in [0.15, 0.2) is 0 Å². The predicted molar refractivity (Wildman–Crippen MR) is 52.7 cm³/mol. The molecule has 0 heterocycles. The lowest BCUT2D eigenvalue weighted by Crippen LogP contribution is -2.42. The summed E-state index contributed by atoms with van der Waals surface area (Å²) in [5.74, 6) is -0.949. The van der Waals surface area contributed by atoms with Crippen molar-refractivity contribution in [3.8, 4) is 0 Å². The van der Waals surface area contributed by atoms with E-state index in [2.05, 4.69) is 5.32 Å². The second-order valence-corrected chi connectivity index (χ2v) is 3.68. The van der Waals surface area contributed by atoms with E-state index < -0.39 is 17.9 Å². The molecule has 0 saturated heterocycles. The molecule has 0 aromatic rings. The molecule has 14 heavy (non-hydrogen) atoms. The summed E-state index contributed by atoms with van der Waals surface area (Å²) >= 11 is 0. The van der Waals surface area contributed by atoms with Crippen LogP contribution in [-0.4, -0.2) is 29.6 Å². The Morgan fingerprint density at radius 3 is 2.43 bits per heavy atom. The van der Waals surface area contributed by atoms with Crippen molar-refractivity contribution < 1.29 is 14.7 Å². The molecule has 82 valence electrons. The van der Waals surface area contributed by atoms with Crippen LogP contribution in [0.2, 0.25) is 0 Å². The second-order valence-electron chi connectivity index (χ2n) is 3.68. The van der Waals surface area contributed by atoms with E-state index in [-0.39, 0.29) is 6.42 Å². The van der Waals surface area contributed by atoms with Crippen molar-refractivity contribution >= 4 is 11.9 Å². The molecule has 1 amide bonds. The Bertz CT molecular complexity index is 204. The van der Waals surface area contributed by atoms with E-state index in [0.717, 1.165) is 6.42 Å². The predicted octanol–water partition coefficient (Wildman–Crippen LogP) is -0.0493. The van der Waals surface area contributed by atoms with Gasteiger partial charge in [0, 0.05) is 6.54 Å². The standard InChI is InChI=1S/C9H18N2O3/c1-6(2)3-4-11-9(14)7(10)5-8(12)13/h6-7H,3-5,10H2,1-2H3,(H,11,14)(H,12,13). The maximum atomic E-state index is 11.2. The summed E-state index contributed by atoms with van der Waals surface area (Å²) in [5.41, 5.74) is 5.34. The first-order valence-electron chi connectivity index (χ1n) is 4.68. The summed E-state index contributed by atoms with van der Waals surface area (Å²) < 4.78 is 0. The molecule has 5 heteroatoms. The fraction of sp³-hybridized carbons (Fsp3) is 0.778. The van der Waals surface area contributed by atoms with E-state index in [0.29, 0.717) is 12.5 Å². The average Bonchev–Trinajstić information content (AvgIpc) is 2.01. The first-order chi connectivity index (χ1) is 6.43. The zero-order valence-electron chi connectivity index (χ0n) is 8.62. The Labute approximate surface area is 83.7 Å². The largest absolute Gasteiger partial charge is 0.481 e. The SMILES string of the molecule is CC(C)CCNC(=O)C(N)CC(=O)O. The minimum absolute atomic E-state index is 0.326. The monoisotopic (exact) mass is 202 g/mol. The van der Waals surface area contributed by atoms with Gasteiger partial charge in [-0.3, -0.25) is 9.59 Å². The third-order valence-electron chi connectivity index (χ3n) is 1.75. The number of hydrogen-bond donors (Lipinski definition) is 3. The van der Waals surface area contributed by atoms with Crippen molar-refractivity contribution in [3.63, 3.8) is 0 Å². The second kappa shape index (κ2) is 6.37. The zero-order valence-corrected chi connectivity index (χ0v) is 8.62. The van der Waals surface area contributed by atoms with Crippen LogP contribution in [0.15, 0.2) is 0 Å². The number of nitrogens with two attached hydrogens (primary N) is 1. The molecule has 0 aliphatic heterocycles. The van der Waals surface area contributed by atoms with E-state index >= 15 is 0 Å². The van der Waals surface area contributed by atoms with E-state index in [4.69, 9.17) is 10.8 Å². The number of aliphatic carboxylic acids is 1. The lowest BCUT2D eigenvalue weighted by Gasteiger charge is -2.10. The van der Waals surface area contributed by atoms with Crippen LogP contribution in [0, 0.1) is 5.92 Å². The molecule has 0 aliphatic carbocycles. The highest BCUT2D eigenvalue weighted by Crippen LogP contribution is 1.96. The van der Waals surface area contributed by atoms with Gasteiger partial charge in [-0.25, -0.2) is 0 Å². The normalized spacial score (nSPS) is 12.6. The molecule has 0 saturated carbocycles.